The number of furan rings is 1. The molecule has 6 heteroatoms. The SMILES string of the molecule is Cn1cc(-c2ccc(C(=O)NCC3CCOC3)o2)cn1. The second-order valence-electron chi connectivity index (χ2n) is 5.01. The first-order chi connectivity index (χ1) is 9.72. The number of aryl methyl sites for hydroxylation is 1. The van der Waals surface area contributed by atoms with Crippen LogP contribution in [0.3, 0.4) is 0 Å². The molecule has 1 aliphatic heterocycles. The Morgan fingerprint density at radius 3 is 3.15 bits per heavy atom. The summed E-state index contributed by atoms with van der Waals surface area (Å²) in [7, 11) is 1.84. The molecular formula is C14H17N3O3. The van der Waals surface area contributed by atoms with Gasteiger partial charge in [-0.15, -0.1) is 0 Å². The number of nitrogens with zero attached hydrogens (tertiary/aromatic N) is 2. The third-order valence-electron chi connectivity index (χ3n) is 3.39. The molecule has 0 saturated carbocycles. The summed E-state index contributed by atoms with van der Waals surface area (Å²) >= 11 is 0. The number of amides is 1. The maximum atomic E-state index is 12.0. The molecule has 3 heterocycles. The zero-order chi connectivity index (χ0) is 13.9. The highest BCUT2D eigenvalue weighted by molar-refractivity contribution is 5.92. The average Bonchev–Trinajstić information content (AvgIpc) is 3.16. The van der Waals surface area contributed by atoms with Gasteiger partial charge < -0.3 is 14.5 Å². The minimum absolute atomic E-state index is 0.188. The average molecular weight is 275 g/mol. The van der Waals surface area contributed by atoms with Gasteiger partial charge in [-0.25, -0.2) is 0 Å². The summed E-state index contributed by atoms with van der Waals surface area (Å²) in [6.45, 7) is 2.13. The van der Waals surface area contributed by atoms with Crippen LogP contribution in [0.1, 0.15) is 17.0 Å². The second kappa shape index (κ2) is 5.50. The zero-order valence-electron chi connectivity index (χ0n) is 11.3. The molecule has 3 rings (SSSR count). The highest BCUT2D eigenvalue weighted by Crippen LogP contribution is 2.21. The van der Waals surface area contributed by atoms with Crippen molar-refractivity contribution < 1.29 is 13.9 Å². The third kappa shape index (κ3) is 2.75. The minimum atomic E-state index is -0.188. The normalized spacial score (nSPS) is 18.4. The highest BCUT2D eigenvalue weighted by atomic mass is 16.5. The van der Waals surface area contributed by atoms with Crippen LogP contribution in [0, 0.1) is 5.92 Å². The predicted molar refractivity (Wildman–Crippen MR) is 72.2 cm³/mol. The van der Waals surface area contributed by atoms with Gasteiger partial charge in [-0.1, -0.05) is 0 Å². The van der Waals surface area contributed by atoms with E-state index in [0.29, 0.717) is 24.0 Å². The lowest BCUT2D eigenvalue weighted by molar-refractivity contribution is 0.0918. The molecule has 1 fully saturated rings. The van der Waals surface area contributed by atoms with Gasteiger partial charge in [0.05, 0.1) is 18.4 Å². The first-order valence-corrected chi connectivity index (χ1v) is 6.67. The Kier molecular flexibility index (Phi) is 3.56. The molecule has 1 atom stereocenters. The summed E-state index contributed by atoms with van der Waals surface area (Å²) < 4.78 is 12.5. The number of rotatable bonds is 4. The van der Waals surface area contributed by atoms with Crippen molar-refractivity contribution in [3.8, 4) is 11.3 Å². The van der Waals surface area contributed by atoms with Crippen molar-refractivity contribution in [2.24, 2.45) is 13.0 Å². The molecule has 106 valence electrons. The van der Waals surface area contributed by atoms with Gasteiger partial charge in [0, 0.05) is 32.3 Å². The van der Waals surface area contributed by atoms with E-state index in [2.05, 4.69) is 10.4 Å². The monoisotopic (exact) mass is 275 g/mol. The fourth-order valence-electron chi connectivity index (χ4n) is 2.23. The quantitative estimate of drug-likeness (QED) is 0.916. The van der Waals surface area contributed by atoms with Crippen molar-refractivity contribution in [3.63, 3.8) is 0 Å². The van der Waals surface area contributed by atoms with E-state index in [4.69, 9.17) is 9.15 Å². The van der Waals surface area contributed by atoms with Crippen LogP contribution >= 0.6 is 0 Å². The van der Waals surface area contributed by atoms with Crippen LogP contribution in [0.25, 0.3) is 11.3 Å². The van der Waals surface area contributed by atoms with Crippen molar-refractivity contribution in [2.75, 3.05) is 19.8 Å². The van der Waals surface area contributed by atoms with Gasteiger partial charge in [-0.2, -0.15) is 5.10 Å². The van der Waals surface area contributed by atoms with Gasteiger partial charge >= 0.3 is 0 Å². The Balaban J connectivity index is 1.62. The smallest absolute Gasteiger partial charge is 0.287 e. The van der Waals surface area contributed by atoms with E-state index < -0.39 is 0 Å². The minimum Gasteiger partial charge on any atom is -0.451 e. The lowest BCUT2D eigenvalue weighted by Gasteiger charge is -2.07. The maximum absolute atomic E-state index is 12.0. The molecule has 0 spiro atoms. The van der Waals surface area contributed by atoms with Gasteiger partial charge in [0.1, 0.15) is 5.76 Å². The first-order valence-electron chi connectivity index (χ1n) is 6.67. The van der Waals surface area contributed by atoms with Gasteiger partial charge in [0.15, 0.2) is 5.76 Å². The molecule has 0 radical (unpaired) electrons. The molecule has 20 heavy (non-hydrogen) atoms. The van der Waals surface area contributed by atoms with E-state index >= 15 is 0 Å². The van der Waals surface area contributed by atoms with E-state index in [0.717, 1.165) is 25.2 Å². The number of hydrogen-bond acceptors (Lipinski definition) is 4. The summed E-state index contributed by atoms with van der Waals surface area (Å²) in [6.07, 6.45) is 4.55. The zero-order valence-corrected chi connectivity index (χ0v) is 11.3. The number of aromatic nitrogens is 2. The standard InChI is InChI=1S/C14H17N3O3/c1-17-8-11(7-16-17)12-2-3-13(20-12)14(18)15-6-10-4-5-19-9-10/h2-3,7-8,10H,4-6,9H2,1H3,(H,15,18). The molecule has 1 saturated heterocycles. The molecule has 1 unspecified atom stereocenters. The van der Waals surface area contributed by atoms with Crippen molar-refractivity contribution in [1.82, 2.24) is 15.1 Å². The van der Waals surface area contributed by atoms with Crippen LogP contribution in [-0.4, -0.2) is 35.4 Å². The van der Waals surface area contributed by atoms with Crippen molar-refractivity contribution in [2.45, 2.75) is 6.42 Å². The van der Waals surface area contributed by atoms with E-state index in [1.165, 1.54) is 0 Å². The van der Waals surface area contributed by atoms with Crippen molar-refractivity contribution in [1.29, 1.82) is 0 Å². The molecule has 1 amide bonds. The Bertz CT molecular complexity index is 596. The molecule has 6 nitrogen and oxygen atoms in total. The maximum Gasteiger partial charge on any atom is 0.287 e. The van der Waals surface area contributed by atoms with Crippen LogP contribution in [0.2, 0.25) is 0 Å². The molecule has 1 aliphatic rings. The lowest BCUT2D eigenvalue weighted by Crippen LogP contribution is -2.29. The summed E-state index contributed by atoms with van der Waals surface area (Å²) in [5, 5.41) is 6.96. The van der Waals surface area contributed by atoms with Crippen LogP contribution in [-0.2, 0) is 11.8 Å². The second-order valence-corrected chi connectivity index (χ2v) is 5.01. The number of carbonyl (C=O) groups excluding carboxylic acids is 1. The number of nitrogens with one attached hydrogen (secondary N) is 1. The molecule has 2 aromatic heterocycles. The Morgan fingerprint density at radius 2 is 2.45 bits per heavy atom. The Morgan fingerprint density at radius 1 is 1.55 bits per heavy atom. The Labute approximate surface area is 116 Å². The fraction of sp³-hybridized carbons (Fsp3) is 0.429. The predicted octanol–water partition coefficient (Wildman–Crippen LogP) is 1.45. The van der Waals surface area contributed by atoms with Gasteiger partial charge in [0.25, 0.3) is 5.91 Å². The molecule has 1 N–H and O–H groups in total. The largest absolute Gasteiger partial charge is 0.451 e. The fourth-order valence-corrected chi connectivity index (χ4v) is 2.23. The van der Waals surface area contributed by atoms with Crippen LogP contribution in [0.5, 0.6) is 0 Å². The molecule has 0 aliphatic carbocycles. The first kappa shape index (κ1) is 12.9. The van der Waals surface area contributed by atoms with E-state index in [1.54, 1.807) is 23.0 Å². The van der Waals surface area contributed by atoms with E-state index in [9.17, 15) is 4.79 Å². The molecular weight excluding hydrogens is 258 g/mol. The lowest BCUT2D eigenvalue weighted by atomic mass is 10.1. The van der Waals surface area contributed by atoms with Gasteiger partial charge in [0.2, 0.25) is 0 Å². The van der Waals surface area contributed by atoms with E-state index in [1.807, 2.05) is 13.2 Å². The molecule has 0 aromatic carbocycles. The summed E-state index contributed by atoms with van der Waals surface area (Å²) in [5.74, 6) is 1.19. The van der Waals surface area contributed by atoms with Crippen LogP contribution in [0.15, 0.2) is 28.9 Å². The Hall–Kier alpha value is -2.08. The van der Waals surface area contributed by atoms with Crippen LogP contribution in [0.4, 0.5) is 0 Å². The topological polar surface area (TPSA) is 69.3 Å². The molecule has 0 bridgehead atoms. The highest BCUT2D eigenvalue weighted by Gasteiger charge is 2.18. The molecule has 2 aromatic rings. The van der Waals surface area contributed by atoms with Crippen LogP contribution < -0.4 is 5.32 Å². The van der Waals surface area contributed by atoms with Crippen molar-refractivity contribution >= 4 is 5.91 Å². The third-order valence-corrected chi connectivity index (χ3v) is 3.39. The van der Waals surface area contributed by atoms with Crippen molar-refractivity contribution in [3.05, 3.63) is 30.3 Å². The number of carbonyl (C=O) groups is 1. The summed E-state index contributed by atoms with van der Waals surface area (Å²) in [6, 6.07) is 3.47. The van der Waals surface area contributed by atoms with Gasteiger partial charge in [-0.3, -0.25) is 9.48 Å². The summed E-state index contributed by atoms with van der Waals surface area (Å²) in [5.41, 5.74) is 0.857. The number of ether oxygens (including phenoxy) is 1. The number of hydrogen-bond donors (Lipinski definition) is 1. The summed E-state index contributed by atoms with van der Waals surface area (Å²) in [4.78, 5) is 12.0. The van der Waals surface area contributed by atoms with Gasteiger partial charge in [-0.05, 0) is 18.6 Å². The van der Waals surface area contributed by atoms with E-state index in [-0.39, 0.29) is 5.91 Å².